The number of aromatic hydroxyl groups is 1. The van der Waals surface area contributed by atoms with E-state index in [4.69, 9.17) is 9.47 Å². The second-order valence-corrected chi connectivity index (χ2v) is 3.53. The van der Waals surface area contributed by atoms with Crippen LogP contribution in [0.2, 0.25) is 0 Å². The predicted molar refractivity (Wildman–Crippen MR) is 60.1 cm³/mol. The van der Waals surface area contributed by atoms with Crippen LogP contribution < -0.4 is 4.74 Å². The Morgan fingerprint density at radius 1 is 1.29 bits per heavy atom. The molecular weight excluding hydrogens is 224 g/mol. The number of ketones is 1. The summed E-state index contributed by atoms with van der Waals surface area (Å²) in [7, 11) is 1.38. The summed E-state index contributed by atoms with van der Waals surface area (Å²) in [6.07, 6.45) is 0. The molecule has 0 fully saturated rings. The highest BCUT2D eigenvalue weighted by molar-refractivity contribution is 5.97. The van der Waals surface area contributed by atoms with Crippen molar-refractivity contribution in [1.29, 1.82) is 0 Å². The normalized spacial score (nSPS) is 9.82. The maximum atomic E-state index is 11.3. The number of ether oxygens (including phenoxy) is 2. The molecule has 0 saturated heterocycles. The number of hydrogen-bond donors (Lipinski definition) is 1. The van der Waals surface area contributed by atoms with Gasteiger partial charge in [-0.2, -0.15) is 0 Å². The van der Waals surface area contributed by atoms with Crippen molar-refractivity contribution in [3.05, 3.63) is 23.3 Å². The predicted octanol–water partition coefficient (Wildman–Crippen LogP) is 1.67. The number of hydrogen-bond acceptors (Lipinski definition) is 5. The van der Waals surface area contributed by atoms with Crippen LogP contribution in [-0.4, -0.2) is 24.0 Å². The van der Waals surface area contributed by atoms with E-state index >= 15 is 0 Å². The summed E-state index contributed by atoms with van der Waals surface area (Å²) in [4.78, 5) is 22.0. The molecule has 0 atom stereocenters. The van der Waals surface area contributed by atoms with Crippen LogP contribution in [0.4, 0.5) is 0 Å². The Morgan fingerprint density at radius 3 is 2.41 bits per heavy atom. The van der Waals surface area contributed by atoms with Gasteiger partial charge in [-0.05, 0) is 24.6 Å². The molecule has 0 saturated carbocycles. The molecule has 0 radical (unpaired) electrons. The molecule has 0 bridgehead atoms. The number of phenols is 1. The minimum absolute atomic E-state index is 0.0340. The lowest BCUT2D eigenvalue weighted by molar-refractivity contribution is -0.142. The Morgan fingerprint density at radius 2 is 1.94 bits per heavy atom. The molecule has 0 heterocycles. The summed E-state index contributed by atoms with van der Waals surface area (Å²) >= 11 is 0. The van der Waals surface area contributed by atoms with Crippen LogP contribution >= 0.6 is 0 Å². The number of Topliss-reactive ketones (excluding diaryl/α,β-unsaturated/α-hetero) is 1. The van der Waals surface area contributed by atoms with Gasteiger partial charge in [-0.1, -0.05) is 0 Å². The summed E-state index contributed by atoms with van der Waals surface area (Å²) in [6.45, 7) is 2.67. The van der Waals surface area contributed by atoms with Crippen LogP contribution in [0.1, 0.15) is 29.8 Å². The van der Waals surface area contributed by atoms with Gasteiger partial charge in [0.1, 0.15) is 6.61 Å². The molecule has 0 spiro atoms. The number of rotatable bonds is 4. The van der Waals surface area contributed by atoms with E-state index in [2.05, 4.69) is 0 Å². The quantitative estimate of drug-likeness (QED) is 0.638. The first-order valence-corrected chi connectivity index (χ1v) is 5.00. The van der Waals surface area contributed by atoms with E-state index in [1.807, 2.05) is 0 Å². The van der Waals surface area contributed by atoms with Gasteiger partial charge in [0.05, 0.1) is 12.7 Å². The van der Waals surface area contributed by atoms with Crippen molar-refractivity contribution >= 4 is 11.8 Å². The number of benzene rings is 1. The molecule has 1 aromatic rings. The van der Waals surface area contributed by atoms with Gasteiger partial charge in [-0.25, -0.2) is 0 Å². The van der Waals surface area contributed by atoms with Gasteiger partial charge in [0.2, 0.25) is 0 Å². The highest BCUT2D eigenvalue weighted by atomic mass is 16.5. The van der Waals surface area contributed by atoms with Gasteiger partial charge < -0.3 is 14.6 Å². The first-order valence-electron chi connectivity index (χ1n) is 5.00. The van der Waals surface area contributed by atoms with Gasteiger partial charge >= 0.3 is 5.97 Å². The minimum Gasteiger partial charge on any atom is -0.504 e. The highest BCUT2D eigenvalue weighted by Crippen LogP contribution is 2.32. The van der Waals surface area contributed by atoms with Gasteiger partial charge in [0, 0.05) is 6.92 Å². The van der Waals surface area contributed by atoms with E-state index in [1.54, 1.807) is 0 Å². The van der Waals surface area contributed by atoms with Gasteiger partial charge in [0.15, 0.2) is 17.3 Å². The summed E-state index contributed by atoms with van der Waals surface area (Å²) < 4.78 is 9.76. The van der Waals surface area contributed by atoms with Crippen molar-refractivity contribution in [2.24, 2.45) is 0 Å². The number of phenolic OH excluding ortho intramolecular Hbond substituents is 1. The average Bonchev–Trinajstić information content (AvgIpc) is 2.27. The standard InChI is InChI=1S/C12H14O5/c1-7(13)10-4-9(6-17-8(2)14)5-11(16-3)12(10)15/h4-5,15H,6H2,1-3H3. The molecule has 0 aliphatic heterocycles. The maximum Gasteiger partial charge on any atom is 0.302 e. The maximum absolute atomic E-state index is 11.3. The fraction of sp³-hybridized carbons (Fsp3) is 0.333. The Bertz CT molecular complexity index is 450. The first kappa shape index (κ1) is 13.0. The molecule has 1 aromatic carbocycles. The smallest absolute Gasteiger partial charge is 0.302 e. The second kappa shape index (κ2) is 5.34. The molecule has 5 nitrogen and oxygen atoms in total. The molecule has 0 unspecified atom stereocenters. The molecule has 1 N–H and O–H groups in total. The Hall–Kier alpha value is -2.04. The lowest BCUT2D eigenvalue weighted by Gasteiger charge is -2.10. The fourth-order valence-corrected chi connectivity index (χ4v) is 1.36. The molecular formula is C12H14O5. The number of carbonyl (C=O) groups excluding carboxylic acids is 2. The van der Waals surface area contributed by atoms with Crippen LogP contribution in [0, 0.1) is 0 Å². The SMILES string of the molecule is COc1cc(COC(C)=O)cc(C(C)=O)c1O. The Kier molecular flexibility index (Phi) is 4.09. The molecule has 5 heteroatoms. The molecule has 0 aliphatic rings. The van der Waals surface area contributed by atoms with E-state index in [0.29, 0.717) is 5.56 Å². The lowest BCUT2D eigenvalue weighted by atomic mass is 10.1. The van der Waals surface area contributed by atoms with Gasteiger partial charge in [-0.15, -0.1) is 0 Å². The van der Waals surface area contributed by atoms with Crippen molar-refractivity contribution in [3.63, 3.8) is 0 Å². The Labute approximate surface area is 99.0 Å². The third-order valence-electron chi connectivity index (χ3n) is 2.18. The van der Waals surface area contributed by atoms with Crippen LogP contribution in [0.15, 0.2) is 12.1 Å². The third-order valence-corrected chi connectivity index (χ3v) is 2.18. The van der Waals surface area contributed by atoms with Gasteiger partial charge in [0.25, 0.3) is 0 Å². The van der Waals surface area contributed by atoms with Crippen LogP contribution in [-0.2, 0) is 16.1 Å². The van der Waals surface area contributed by atoms with Crippen molar-refractivity contribution < 1.29 is 24.2 Å². The van der Waals surface area contributed by atoms with E-state index in [9.17, 15) is 14.7 Å². The number of esters is 1. The van der Waals surface area contributed by atoms with Crippen molar-refractivity contribution in [1.82, 2.24) is 0 Å². The second-order valence-electron chi connectivity index (χ2n) is 3.53. The van der Waals surface area contributed by atoms with Crippen molar-refractivity contribution in [2.45, 2.75) is 20.5 Å². The fourth-order valence-electron chi connectivity index (χ4n) is 1.36. The molecule has 17 heavy (non-hydrogen) atoms. The minimum atomic E-state index is -0.415. The number of carbonyl (C=O) groups is 2. The summed E-state index contributed by atoms with van der Waals surface area (Å²) in [6, 6.07) is 2.99. The zero-order chi connectivity index (χ0) is 13.0. The summed E-state index contributed by atoms with van der Waals surface area (Å²) in [5.41, 5.74) is 0.728. The number of methoxy groups -OCH3 is 1. The van der Waals surface area contributed by atoms with Gasteiger partial charge in [-0.3, -0.25) is 9.59 Å². The zero-order valence-corrected chi connectivity index (χ0v) is 9.94. The van der Waals surface area contributed by atoms with E-state index in [-0.39, 0.29) is 29.5 Å². The largest absolute Gasteiger partial charge is 0.504 e. The molecule has 0 aliphatic carbocycles. The first-order chi connectivity index (χ1) is 7.95. The van der Waals surface area contributed by atoms with Crippen LogP contribution in [0.25, 0.3) is 0 Å². The van der Waals surface area contributed by atoms with E-state index in [1.165, 1.54) is 33.1 Å². The monoisotopic (exact) mass is 238 g/mol. The molecule has 0 amide bonds. The molecule has 1 rings (SSSR count). The molecule has 92 valence electrons. The summed E-state index contributed by atoms with van der Waals surface area (Å²) in [5.74, 6) is -0.724. The van der Waals surface area contributed by atoms with Crippen molar-refractivity contribution in [3.8, 4) is 11.5 Å². The topological polar surface area (TPSA) is 72.8 Å². The Balaban J connectivity index is 3.11. The van der Waals surface area contributed by atoms with Crippen molar-refractivity contribution in [2.75, 3.05) is 7.11 Å². The highest BCUT2D eigenvalue weighted by Gasteiger charge is 2.14. The van der Waals surface area contributed by atoms with Crippen LogP contribution in [0.5, 0.6) is 11.5 Å². The summed E-state index contributed by atoms with van der Waals surface area (Å²) in [5, 5.41) is 9.71. The third kappa shape index (κ3) is 3.21. The average molecular weight is 238 g/mol. The molecule has 0 aromatic heterocycles. The van der Waals surface area contributed by atoms with E-state index in [0.717, 1.165) is 0 Å². The van der Waals surface area contributed by atoms with Crippen LogP contribution in [0.3, 0.4) is 0 Å². The zero-order valence-electron chi connectivity index (χ0n) is 9.94. The van der Waals surface area contributed by atoms with E-state index < -0.39 is 5.97 Å². The lowest BCUT2D eigenvalue weighted by Crippen LogP contribution is -2.02.